The van der Waals surface area contributed by atoms with E-state index in [2.05, 4.69) is 20.9 Å². The van der Waals surface area contributed by atoms with Gasteiger partial charge in [-0.15, -0.1) is 0 Å². The van der Waals surface area contributed by atoms with Crippen LogP contribution in [0.2, 0.25) is 0 Å². The number of nitriles is 1. The molecular weight excluding hydrogens is 342 g/mol. The summed E-state index contributed by atoms with van der Waals surface area (Å²) in [4.78, 5) is 29.5. The van der Waals surface area contributed by atoms with Gasteiger partial charge in [-0.1, -0.05) is 6.07 Å². The summed E-state index contributed by atoms with van der Waals surface area (Å²) in [6.45, 7) is 2.11. The third-order valence-corrected chi connectivity index (χ3v) is 5.21. The Kier molecular flexibility index (Phi) is 4.99. The predicted octanol–water partition coefficient (Wildman–Crippen LogP) is 2.47. The van der Waals surface area contributed by atoms with Gasteiger partial charge >= 0.3 is 0 Å². The van der Waals surface area contributed by atoms with Crippen molar-refractivity contribution >= 4 is 11.7 Å². The van der Waals surface area contributed by atoms with Gasteiger partial charge in [-0.2, -0.15) is 5.26 Å². The Balaban J connectivity index is 1.42. The molecule has 7 nitrogen and oxygen atoms in total. The van der Waals surface area contributed by atoms with Gasteiger partial charge < -0.3 is 4.90 Å². The number of carbonyl (C=O) groups excluding carboxylic acids is 1. The lowest BCUT2D eigenvalue weighted by Crippen LogP contribution is -2.42. The average Bonchev–Trinajstić information content (AvgIpc) is 3.24. The first kappa shape index (κ1) is 17.4. The number of nitrogens with zero attached hydrogens (tertiary/aromatic N) is 5. The third-order valence-electron chi connectivity index (χ3n) is 5.21. The number of hydrogen-bond donors (Lipinski definition) is 0. The molecule has 0 N–H and O–H groups in total. The highest BCUT2D eigenvalue weighted by Gasteiger charge is 2.37. The van der Waals surface area contributed by atoms with Crippen LogP contribution < -0.4 is 4.90 Å². The maximum Gasteiger partial charge on any atom is 0.249 e. The zero-order valence-corrected chi connectivity index (χ0v) is 15.0. The summed E-state index contributed by atoms with van der Waals surface area (Å²) in [5.41, 5.74) is 1.35. The number of rotatable bonds is 3. The molecule has 2 aromatic rings. The highest BCUT2D eigenvalue weighted by molar-refractivity contribution is 5.79. The molecule has 138 valence electrons. The van der Waals surface area contributed by atoms with E-state index in [9.17, 15) is 4.79 Å². The molecule has 0 bridgehead atoms. The fourth-order valence-corrected chi connectivity index (χ4v) is 3.77. The van der Waals surface area contributed by atoms with E-state index < -0.39 is 0 Å². The van der Waals surface area contributed by atoms with Crippen LogP contribution in [0.1, 0.15) is 36.4 Å². The molecule has 1 atom stereocenters. The second-order valence-electron chi connectivity index (χ2n) is 6.87. The van der Waals surface area contributed by atoms with Crippen LogP contribution in [0.3, 0.4) is 0 Å². The highest BCUT2D eigenvalue weighted by Crippen LogP contribution is 2.33. The van der Waals surface area contributed by atoms with E-state index in [0.29, 0.717) is 12.2 Å². The Labute approximate surface area is 158 Å². The molecule has 0 radical (unpaired) electrons. The van der Waals surface area contributed by atoms with Gasteiger partial charge in [-0.25, -0.2) is 10.0 Å². The fourth-order valence-electron chi connectivity index (χ4n) is 3.77. The lowest BCUT2D eigenvalue weighted by molar-refractivity contribution is -0.182. The molecule has 1 amide bonds. The SMILES string of the molecule is N#Cc1cncc([C@@H]2CCON2C(=O)C2CCN(c3ccccn3)CC2)c1. The van der Waals surface area contributed by atoms with Crippen molar-refractivity contribution in [3.05, 3.63) is 54.0 Å². The van der Waals surface area contributed by atoms with Crippen LogP contribution in [0.15, 0.2) is 42.9 Å². The molecule has 0 aliphatic carbocycles. The van der Waals surface area contributed by atoms with Gasteiger partial charge in [-0.3, -0.25) is 14.6 Å². The molecule has 7 heteroatoms. The summed E-state index contributed by atoms with van der Waals surface area (Å²) >= 11 is 0. The second-order valence-corrected chi connectivity index (χ2v) is 6.87. The van der Waals surface area contributed by atoms with E-state index in [-0.39, 0.29) is 17.9 Å². The minimum Gasteiger partial charge on any atom is -0.357 e. The van der Waals surface area contributed by atoms with E-state index in [4.69, 9.17) is 10.1 Å². The van der Waals surface area contributed by atoms with Crippen molar-refractivity contribution in [2.45, 2.75) is 25.3 Å². The Bertz CT molecular complexity index is 843. The van der Waals surface area contributed by atoms with Gasteiger partial charge in [0.25, 0.3) is 0 Å². The maximum absolute atomic E-state index is 13.1. The molecule has 0 aromatic carbocycles. The summed E-state index contributed by atoms with van der Waals surface area (Å²) in [6, 6.07) is 9.59. The molecule has 2 aliphatic heterocycles. The summed E-state index contributed by atoms with van der Waals surface area (Å²) in [6.07, 6.45) is 7.30. The first-order valence-electron chi connectivity index (χ1n) is 9.23. The first-order chi connectivity index (χ1) is 13.3. The molecule has 0 saturated carbocycles. The lowest BCUT2D eigenvalue weighted by Gasteiger charge is -2.34. The predicted molar refractivity (Wildman–Crippen MR) is 98.3 cm³/mol. The number of piperidine rings is 1. The Morgan fingerprint density at radius 2 is 2.07 bits per heavy atom. The molecule has 0 spiro atoms. The third kappa shape index (κ3) is 3.62. The summed E-state index contributed by atoms with van der Waals surface area (Å²) in [5.74, 6) is 0.927. The van der Waals surface area contributed by atoms with Gasteiger partial charge in [0.1, 0.15) is 11.9 Å². The van der Waals surface area contributed by atoms with Crippen molar-refractivity contribution in [1.29, 1.82) is 5.26 Å². The van der Waals surface area contributed by atoms with Crippen LogP contribution >= 0.6 is 0 Å². The summed E-state index contributed by atoms with van der Waals surface area (Å²) in [7, 11) is 0. The summed E-state index contributed by atoms with van der Waals surface area (Å²) in [5, 5.41) is 10.6. The van der Waals surface area contributed by atoms with E-state index in [1.165, 1.54) is 11.3 Å². The zero-order valence-electron chi connectivity index (χ0n) is 15.0. The van der Waals surface area contributed by atoms with Crippen LogP contribution in [0.25, 0.3) is 0 Å². The Hall–Kier alpha value is -2.98. The Morgan fingerprint density at radius 1 is 1.22 bits per heavy atom. The Morgan fingerprint density at radius 3 is 2.81 bits per heavy atom. The molecule has 2 saturated heterocycles. The van der Waals surface area contributed by atoms with Crippen LogP contribution in [0, 0.1) is 17.2 Å². The molecule has 4 rings (SSSR count). The minimum absolute atomic E-state index is 0.0283. The normalized spacial score (nSPS) is 20.5. The van der Waals surface area contributed by atoms with Crippen molar-refractivity contribution in [1.82, 2.24) is 15.0 Å². The standard InChI is InChI=1S/C20H21N5O2/c21-12-15-11-17(14-22-13-15)18-6-10-27-25(18)20(26)16-4-8-24(9-5-16)19-3-1-2-7-23-19/h1-3,7,11,13-14,16,18H,4-6,8-10H2/t18-/m0/s1. The monoisotopic (exact) mass is 363 g/mol. The average molecular weight is 363 g/mol. The van der Waals surface area contributed by atoms with E-state index >= 15 is 0 Å². The topological polar surface area (TPSA) is 82.3 Å². The van der Waals surface area contributed by atoms with Crippen molar-refractivity contribution < 1.29 is 9.63 Å². The number of hydrogen-bond acceptors (Lipinski definition) is 6. The van der Waals surface area contributed by atoms with E-state index in [1.807, 2.05) is 18.2 Å². The van der Waals surface area contributed by atoms with Gasteiger partial charge in [0, 0.05) is 44.0 Å². The molecular formula is C20H21N5O2. The number of hydroxylamine groups is 2. The van der Waals surface area contributed by atoms with Crippen LogP contribution in [0.5, 0.6) is 0 Å². The number of pyridine rings is 2. The van der Waals surface area contributed by atoms with Gasteiger partial charge in [0.2, 0.25) is 5.91 Å². The number of aromatic nitrogens is 2. The number of carbonyl (C=O) groups is 1. The van der Waals surface area contributed by atoms with Crippen molar-refractivity contribution in [2.75, 3.05) is 24.6 Å². The molecule has 4 heterocycles. The number of anilines is 1. The minimum atomic E-state index is -0.174. The quantitative estimate of drug-likeness (QED) is 0.833. The smallest absolute Gasteiger partial charge is 0.249 e. The van der Waals surface area contributed by atoms with Crippen LogP contribution in [-0.4, -0.2) is 40.6 Å². The van der Waals surface area contributed by atoms with Crippen molar-refractivity contribution in [3.63, 3.8) is 0 Å². The first-order valence-corrected chi connectivity index (χ1v) is 9.23. The van der Waals surface area contributed by atoms with Gasteiger partial charge in [-0.05, 0) is 36.6 Å². The lowest BCUT2D eigenvalue weighted by atomic mass is 9.94. The molecule has 27 heavy (non-hydrogen) atoms. The molecule has 2 aliphatic rings. The molecule has 2 aromatic heterocycles. The number of amides is 1. The van der Waals surface area contributed by atoms with E-state index in [1.54, 1.807) is 18.5 Å². The fraction of sp³-hybridized carbons (Fsp3) is 0.400. The molecule has 2 fully saturated rings. The largest absolute Gasteiger partial charge is 0.357 e. The van der Waals surface area contributed by atoms with Crippen LogP contribution in [0.4, 0.5) is 5.82 Å². The maximum atomic E-state index is 13.1. The second kappa shape index (κ2) is 7.72. The van der Waals surface area contributed by atoms with Crippen molar-refractivity contribution in [2.24, 2.45) is 5.92 Å². The van der Waals surface area contributed by atoms with Gasteiger partial charge in [0.05, 0.1) is 18.2 Å². The summed E-state index contributed by atoms with van der Waals surface area (Å²) < 4.78 is 0. The molecule has 0 unspecified atom stereocenters. The zero-order chi connectivity index (χ0) is 18.6. The van der Waals surface area contributed by atoms with Crippen molar-refractivity contribution in [3.8, 4) is 6.07 Å². The van der Waals surface area contributed by atoms with E-state index in [0.717, 1.165) is 43.7 Å². The van der Waals surface area contributed by atoms with Crippen LogP contribution in [-0.2, 0) is 9.63 Å². The highest BCUT2D eigenvalue weighted by atomic mass is 16.7. The van der Waals surface area contributed by atoms with Gasteiger partial charge in [0.15, 0.2) is 0 Å².